The van der Waals surface area contributed by atoms with Gasteiger partial charge < -0.3 is 10.3 Å². The van der Waals surface area contributed by atoms with Crippen molar-refractivity contribution in [2.45, 2.75) is 5.03 Å². The molecule has 0 aliphatic rings. The Balaban J connectivity index is 1.52. The molecule has 0 bridgehead atoms. The number of aromatic amines is 1. The van der Waals surface area contributed by atoms with Crippen LogP contribution in [0.1, 0.15) is 0 Å². The normalized spacial score (nSPS) is 10.9. The Bertz CT molecular complexity index is 1150. The molecule has 0 radical (unpaired) electrons. The van der Waals surface area contributed by atoms with Crippen molar-refractivity contribution in [3.8, 4) is 11.1 Å². The first kappa shape index (κ1) is 18.1. The number of thioether (sulfide) groups is 1. The molecule has 0 fully saturated rings. The Labute approximate surface area is 163 Å². The van der Waals surface area contributed by atoms with E-state index >= 15 is 0 Å². The molecule has 4 rings (SSSR count). The van der Waals surface area contributed by atoms with E-state index in [2.05, 4.69) is 20.3 Å². The van der Waals surface area contributed by atoms with E-state index in [0.717, 1.165) is 40.4 Å². The maximum atomic E-state index is 13.7. The zero-order valence-corrected chi connectivity index (χ0v) is 15.3. The number of carbonyl (C=O) groups is 1. The largest absolute Gasteiger partial charge is 0.357 e. The van der Waals surface area contributed by atoms with Gasteiger partial charge in [-0.05, 0) is 17.7 Å². The number of hydrogen-bond acceptors (Lipinski definition) is 4. The van der Waals surface area contributed by atoms with Gasteiger partial charge in [0.25, 0.3) is 0 Å². The quantitative estimate of drug-likeness (QED) is 0.381. The molecule has 140 valence electrons. The van der Waals surface area contributed by atoms with Crippen molar-refractivity contribution in [1.29, 1.82) is 0 Å². The lowest BCUT2D eigenvalue weighted by molar-refractivity contribution is -0.113. The Morgan fingerprint density at radius 2 is 1.93 bits per heavy atom. The highest BCUT2D eigenvalue weighted by molar-refractivity contribution is 8.00. The molecule has 2 N–H and O–H groups in total. The van der Waals surface area contributed by atoms with Gasteiger partial charge in [-0.15, -0.1) is 0 Å². The van der Waals surface area contributed by atoms with E-state index in [1.54, 1.807) is 0 Å². The molecule has 0 aliphatic heterocycles. The van der Waals surface area contributed by atoms with Crippen LogP contribution in [0.5, 0.6) is 0 Å². The molecule has 0 aliphatic carbocycles. The minimum absolute atomic E-state index is 0.0121. The van der Waals surface area contributed by atoms with Gasteiger partial charge in [-0.25, -0.2) is 18.7 Å². The van der Waals surface area contributed by atoms with Gasteiger partial charge in [-0.3, -0.25) is 4.79 Å². The predicted octanol–water partition coefficient (Wildman–Crippen LogP) is 4.63. The number of halogens is 2. The summed E-state index contributed by atoms with van der Waals surface area (Å²) >= 11 is 1.19. The summed E-state index contributed by atoms with van der Waals surface area (Å²) in [5.74, 6) is -1.79. The van der Waals surface area contributed by atoms with Crippen LogP contribution in [0.2, 0.25) is 0 Å². The fraction of sp³-hybridized carbons (Fsp3) is 0.0500. The number of amides is 1. The van der Waals surface area contributed by atoms with E-state index in [1.807, 2.05) is 36.5 Å². The SMILES string of the molecule is O=C(CSc1ncnc2c(-c3ccccc3)c[nH]c12)Nc1cc(F)ccc1F. The van der Waals surface area contributed by atoms with Crippen LogP contribution in [-0.2, 0) is 4.79 Å². The molecule has 2 heterocycles. The predicted molar refractivity (Wildman–Crippen MR) is 105 cm³/mol. The number of fused-ring (bicyclic) bond motifs is 1. The molecule has 1 amide bonds. The number of rotatable bonds is 5. The average Bonchev–Trinajstić information content (AvgIpc) is 3.14. The number of anilines is 1. The van der Waals surface area contributed by atoms with Crippen molar-refractivity contribution < 1.29 is 13.6 Å². The van der Waals surface area contributed by atoms with E-state index in [9.17, 15) is 13.6 Å². The second-order valence-electron chi connectivity index (χ2n) is 5.93. The van der Waals surface area contributed by atoms with Crippen LogP contribution in [-0.4, -0.2) is 26.6 Å². The zero-order valence-electron chi connectivity index (χ0n) is 14.4. The Morgan fingerprint density at radius 3 is 2.75 bits per heavy atom. The van der Waals surface area contributed by atoms with Crippen molar-refractivity contribution >= 4 is 34.4 Å². The van der Waals surface area contributed by atoms with Crippen LogP contribution >= 0.6 is 11.8 Å². The van der Waals surface area contributed by atoms with E-state index in [1.165, 1.54) is 18.1 Å². The van der Waals surface area contributed by atoms with Gasteiger partial charge in [0.1, 0.15) is 28.5 Å². The summed E-state index contributed by atoms with van der Waals surface area (Å²) in [6, 6.07) is 12.7. The molecule has 0 saturated carbocycles. The average molecular weight is 396 g/mol. The molecule has 0 spiro atoms. The molecular weight excluding hydrogens is 382 g/mol. The molecule has 28 heavy (non-hydrogen) atoms. The van der Waals surface area contributed by atoms with Gasteiger partial charge in [0, 0.05) is 17.8 Å². The minimum Gasteiger partial charge on any atom is -0.357 e. The third-order valence-electron chi connectivity index (χ3n) is 4.06. The Kier molecular flexibility index (Phi) is 5.03. The Hall–Kier alpha value is -3.26. The lowest BCUT2D eigenvalue weighted by Crippen LogP contribution is -2.15. The number of hydrogen-bond donors (Lipinski definition) is 2. The number of benzene rings is 2. The van der Waals surface area contributed by atoms with Crippen LogP contribution in [0.4, 0.5) is 14.5 Å². The maximum absolute atomic E-state index is 13.7. The van der Waals surface area contributed by atoms with Crippen molar-refractivity contribution in [3.05, 3.63) is 72.7 Å². The highest BCUT2D eigenvalue weighted by atomic mass is 32.2. The number of H-pyrrole nitrogens is 1. The molecule has 2 aromatic heterocycles. The van der Waals surface area contributed by atoms with Gasteiger partial charge in [0.15, 0.2) is 0 Å². The third-order valence-corrected chi connectivity index (χ3v) is 5.05. The van der Waals surface area contributed by atoms with Crippen LogP contribution in [0, 0.1) is 11.6 Å². The lowest BCUT2D eigenvalue weighted by Gasteiger charge is -2.06. The zero-order chi connectivity index (χ0) is 19.5. The maximum Gasteiger partial charge on any atom is 0.234 e. The fourth-order valence-electron chi connectivity index (χ4n) is 2.78. The second-order valence-corrected chi connectivity index (χ2v) is 6.90. The molecule has 0 saturated heterocycles. The Morgan fingerprint density at radius 1 is 1.11 bits per heavy atom. The molecule has 0 atom stereocenters. The number of nitrogens with one attached hydrogen (secondary N) is 2. The molecule has 0 unspecified atom stereocenters. The van der Waals surface area contributed by atoms with E-state index in [4.69, 9.17) is 0 Å². The minimum atomic E-state index is -0.693. The monoisotopic (exact) mass is 396 g/mol. The number of aromatic nitrogens is 3. The summed E-state index contributed by atoms with van der Waals surface area (Å²) < 4.78 is 26.9. The first-order chi connectivity index (χ1) is 13.6. The van der Waals surface area contributed by atoms with Gasteiger partial charge in [-0.1, -0.05) is 42.1 Å². The first-order valence-electron chi connectivity index (χ1n) is 8.37. The summed E-state index contributed by atoms with van der Waals surface area (Å²) in [5.41, 5.74) is 3.23. The summed E-state index contributed by atoms with van der Waals surface area (Å²) in [4.78, 5) is 23.9. The van der Waals surface area contributed by atoms with Crippen LogP contribution in [0.25, 0.3) is 22.2 Å². The van der Waals surface area contributed by atoms with Crippen molar-refractivity contribution in [3.63, 3.8) is 0 Å². The first-order valence-corrected chi connectivity index (χ1v) is 9.35. The topological polar surface area (TPSA) is 70.7 Å². The summed E-state index contributed by atoms with van der Waals surface area (Å²) in [7, 11) is 0. The van der Waals surface area contributed by atoms with Crippen molar-refractivity contribution in [2.24, 2.45) is 0 Å². The van der Waals surface area contributed by atoms with Gasteiger partial charge in [-0.2, -0.15) is 0 Å². The lowest BCUT2D eigenvalue weighted by atomic mass is 10.1. The second kappa shape index (κ2) is 7.77. The molecular formula is C20H14F2N4OS. The standard InChI is InChI=1S/C20H14F2N4OS/c21-13-6-7-15(22)16(8-13)26-17(27)10-28-20-19-18(24-11-25-20)14(9-23-19)12-4-2-1-3-5-12/h1-9,11,23H,10H2,(H,26,27). The van der Waals surface area contributed by atoms with Crippen LogP contribution < -0.4 is 5.32 Å². The van der Waals surface area contributed by atoms with Gasteiger partial charge in [0.2, 0.25) is 5.91 Å². The van der Waals surface area contributed by atoms with E-state index in [-0.39, 0.29) is 11.4 Å². The van der Waals surface area contributed by atoms with E-state index < -0.39 is 17.5 Å². The molecule has 4 aromatic rings. The fourth-order valence-corrected chi connectivity index (χ4v) is 3.54. The molecule has 2 aromatic carbocycles. The summed E-state index contributed by atoms with van der Waals surface area (Å²) in [6.45, 7) is 0. The van der Waals surface area contributed by atoms with Crippen LogP contribution in [0.3, 0.4) is 0 Å². The highest BCUT2D eigenvalue weighted by Gasteiger charge is 2.14. The van der Waals surface area contributed by atoms with Crippen molar-refractivity contribution in [2.75, 3.05) is 11.1 Å². The highest BCUT2D eigenvalue weighted by Crippen LogP contribution is 2.31. The third kappa shape index (κ3) is 3.72. The number of nitrogens with zero attached hydrogens (tertiary/aromatic N) is 2. The van der Waals surface area contributed by atoms with Crippen LogP contribution in [0.15, 0.2) is 66.1 Å². The molecule has 5 nitrogen and oxygen atoms in total. The smallest absolute Gasteiger partial charge is 0.234 e. The van der Waals surface area contributed by atoms with Gasteiger partial charge in [0.05, 0.1) is 17.0 Å². The summed E-state index contributed by atoms with van der Waals surface area (Å²) in [6.07, 6.45) is 3.29. The number of carbonyl (C=O) groups excluding carboxylic acids is 1. The van der Waals surface area contributed by atoms with Gasteiger partial charge >= 0.3 is 0 Å². The van der Waals surface area contributed by atoms with E-state index in [0.29, 0.717) is 5.03 Å². The summed E-state index contributed by atoms with van der Waals surface area (Å²) in [5, 5.41) is 2.97. The molecule has 8 heteroatoms. The van der Waals surface area contributed by atoms with Crippen molar-refractivity contribution in [1.82, 2.24) is 15.0 Å².